The molecule has 0 spiro atoms. The van der Waals surface area contributed by atoms with Gasteiger partial charge in [-0.1, -0.05) is 41.9 Å². The Labute approximate surface area is 286 Å². The Kier molecular flexibility index (Phi) is 10.7. The summed E-state index contributed by atoms with van der Waals surface area (Å²) in [4.78, 5) is 21.7. The summed E-state index contributed by atoms with van der Waals surface area (Å²) >= 11 is 6.05. The molecular weight excluding hydrogens is 628 g/mol. The molecule has 0 saturated carbocycles. The van der Waals surface area contributed by atoms with Gasteiger partial charge in [0.2, 0.25) is 0 Å². The predicted octanol–water partition coefficient (Wildman–Crippen LogP) is 7.42. The number of benzene rings is 4. The second-order valence-electron chi connectivity index (χ2n) is 11.9. The third kappa shape index (κ3) is 8.21. The Balaban J connectivity index is 1.16. The zero-order valence-electron chi connectivity index (χ0n) is 27.7. The lowest BCUT2D eigenvalue weighted by Gasteiger charge is -2.34. The minimum absolute atomic E-state index is 0.240. The number of carbonyl (C=O) groups is 1. The van der Waals surface area contributed by atoms with Gasteiger partial charge in [-0.15, -0.1) is 0 Å². The van der Waals surface area contributed by atoms with E-state index in [1.807, 2.05) is 84.4 Å². The third-order valence-corrected chi connectivity index (χ3v) is 8.75. The number of halogens is 1. The van der Waals surface area contributed by atoms with Gasteiger partial charge in [0, 0.05) is 56.8 Å². The molecule has 10 heteroatoms. The fraction of sp³-hybridized carbons (Fsp3) is 0.316. The lowest BCUT2D eigenvalue weighted by molar-refractivity contribution is -0.143. The Morgan fingerprint density at radius 3 is 2.40 bits per heavy atom. The van der Waals surface area contributed by atoms with Crippen LogP contribution in [0.2, 0.25) is 5.02 Å². The number of nitrogens with zero attached hydrogens (tertiary/aromatic N) is 4. The van der Waals surface area contributed by atoms with Gasteiger partial charge in [0.05, 0.1) is 23.3 Å². The molecule has 0 amide bonds. The monoisotopic (exact) mass is 668 g/mol. The molecule has 1 saturated heterocycles. The highest BCUT2D eigenvalue weighted by atomic mass is 35.5. The number of hydrogen-bond donors (Lipinski definition) is 0. The number of piperazine rings is 1. The molecule has 48 heavy (non-hydrogen) atoms. The minimum Gasteiger partial charge on any atom is -0.488 e. The van der Waals surface area contributed by atoms with Crippen molar-refractivity contribution in [2.45, 2.75) is 33.0 Å². The fourth-order valence-electron chi connectivity index (χ4n) is 5.73. The van der Waals surface area contributed by atoms with Crippen molar-refractivity contribution in [1.82, 2.24) is 14.5 Å². The number of esters is 1. The van der Waals surface area contributed by atoms with Crippen molar-refractivity contribution < 1.29 is 23.7 Å². The number of ether oxygens (including phenoxy) is 4. The molecule has 6 rings (SSSR count). The predicted molar refractivity (Wildman–Crippen MR) is 188 cm³/mol. The van der Waals surface area contributed by atoms with Crippen LogP contribution in [0.25, 0.3) is 11.0 Å². The van der Waals surface area contributed by atoms with E-state index >= 15 is 0 Å². The van der Waals surface area contributed by atoms with E-state index in [1.54, 1.807) is 6.92 Å². The smallest absolute Gasteiger partial charge is 0.306 e. The Bertz CT molecular complexity index is 1850. The maximum absolute atomic E-state index is 12.1. The Hall–Kier alpha value is -4.73. The molecular formula is C38H41ClN4O5. The van der Waals surface area contributed by atoms with Gasteiger partial charge in [0.15, 0.2) is 5.75 Å². The number of fused-ring (bicyclic) bond motifs is 1. The number of aryl methyl sites for hydroxylation is 2. The first-order chi connectivity index (χ1) is 23.4. The maximum Gasteiger partial charge on any atom is 0.306 e. The van der Waals surface area contributed by atoms with Crippen LogP contribution >= 0.6 is 11.6 Å². The van der Waals surface area contributed by atoms with Crippen LogP contribution in [-0.2, 0) is 36.2 Å². The van der Waals surface area contributed by atoms with Gasteiger partial charge < -0.3 is 33.3 Å². The fourth-order valence-corrected chi connectivity index (χ4v) is 5.85. The highest BCUT2D eigenvalue weighted by Gasteiger charge is 2.19. The number of rotatable bonds is 13. The molecule has 5 aromatic rings. The highest BCUT2D eigenvalue weighted by molar-refractivity contribution is 6.30. The summed E-state index contributed by atoms with van der Waals surface area (Å²) in [6.07, 6.45) is 0.752. The summed E-state index contributed by atoms with van der Waals surface area (Å²) in [6.45, 7) is 6.74. The topological polar surface area (TPSA) is 78.3 Å². The van der Waals surface area contributed by atoms with Gasteiger partial charge in [-0.3, -0.25) is 4.79 Å². The number of aromatic nitrogens is 2. The maximum atomic E-state index is 12.1. The van der Waals surface area contributed by atoms with Crippen molar-refractivity contribution in [3.63, 3.8) is 0 Å². The van der Waals surface area contributed by atoms with Gasteiger partial charge in [-0.25, -0.2) is 4.98 Å². The largest absolute Gasteiger partial charge is 0.488 e. The third-order valence-electron chi connectivity index (χ3n) is 8.50. The molecule has 0 unspecified atom stereocenters. The van der Waals surface area contributed by atoms with Crippen LogP contribution in [0.5, 0.6) is 23.0 Å². The standard InChI is InChI=1S/C38H41ClN4O5/c1-4-45-38(44)18-12-28-11-15-30(24-36(28)47-25-27-9-13-29(39)14-10-27)46-26-37-40-32-23-31(16-17-33(32)42(37)3)48-35-8-6-5-7-34(35)43-21-19-41(2)20-22-43/h5-11,13-17,23-24H,4,12,18-22,25-26H2,1-3H3. The van der Waals surface area contributed by atoms with E-state index in [1.165, 1.54) is 0 Å². The molecule has 9 nitrogen and oxygen atoms in total. The summed E-state index contributed by atoms with van der Waals surface area (Å²) in [7, 11) is 4.14. The molecule has 0 bridgehead atoms. The number of carbonyl (C=O) groups excluding carboxylic acids is 1. The van der Waals surface area contributed by atoms with E-state index in [9.17, 15) is 4.79 Å². The molecule has 0 N–H and O–H groups in total. The van der Waals surface area contributed by atoms with Crippen molar-refractivity contribution in [3.05, 3.63) is 107 Å². The Morgan fingerprint density at radius 1 is 0.833 bits per heavy atom. The summed E-state index contributed by atoms with van der Waals surface area (Å²) in [5, 5.41) is 0.668. The SMILES string of the molecule is CCOC(=O)CCc1ccc(OCc2nc3cc(Oc4ccccc4N4CCN(C)CC4)ccc3n2C)cc1OCc1ccc(Cl)cc1. The van der Waals surface area contributed by atoms with Crippen molar-refractivity contribution in [2.24, 2.45) is 7.05 Å². The van der Waals surface area contributed by atoms with E-state index in [2.05, 4.69) is 29.0 Å². The van der Waals surface area contributed by atoms with E-state index in [4.69, 9.17) is 35.5 Å². The number of likely N-dealkylation sites (N-methyl/N-ethyl adjacent to an activating group) is 1. The lowest BCUT2D eigenvalue weighted by Crippen LogP contribution is -2.44. The molecule has 1 aromatic heterocycles. The average molecular weight is 669 g/mol. The first-order valence-corrected chi connectivity index (χ1v) is 16.7. The molecule has 0 aliphatic carbocycles. The average Bonchev–Trinajstić information content (AvgIpc) is 3.41. The van der Waals surface area contributed by atoms with Gasteiger partial charge in [-0.05, 0) is 74.0 Å². The molecule has 4 aromatic carbocycles. The summed E-state index contributed by atoms with van der Waals surface area (Å²) in [6, 6.07) is 27.4. The molecule has 2 heterocycles. The second kappa shape index (κ2) is 15.4. The summed E-state index contributed by atoms with van der Waals surface area (Å²) < 4.78 is 26.0. The lowest BCUT2D eigenvalue weighted by atomic mass is 10.1. The first-order valence-electron chi connectivity index (χ1n) is 16.3. The van der Waals surface area contributed by atoms with Gasteiger partial charge in [-0.2, -0.15) is 0 Å². The zero-order chi connectivity index (χ0) is 33.5. The van der Waals surface area contributed by atoms with Crippen LogP contribution in [0, 0.1) is 0 Å². The molecule has 0 atom stereocenters. The van der Waals surface area contributed by atoms with Crippen molar-refractivity contribution in [3.8, 4) is 23.0 Å². The van der Waals surface area contributed by atoms with Crippen LogP contribution in [0.4, 0.5) is 5.69 Å². The van der Waals surface area contributed by atoms with Gasteiger partial charge in [0.25, 0.3) is 0 Å². The zero-order valence-corrected chi connectivity index (χ0v) is 28.4. The van der Waals surface area contributed by atoms with Crippen LogP contribution < -0.4 is 19.1 Å². The normalized spacial score (nSPS) is 13.5. The van der Waals surface area contributed by atoms with E-state index < -0.39 is 0 Å². The van der Waals surface area contributed by atoms with E-state index in [0.717, 1.165) is 71.4 Å². The Morgan fingerprint density at radius 2 is 1.60 bits per heavy atom. The van der Waals surface area contributed by atoms with Gasteiger partial charge in [0.1, 0.15) is 36.3 Å². The van der Waals surface area contributed by atoms with Crippen LogP contribution in [0.15, 0.2) is 84.9 Å². The number of hydrogen-bond acceptors (Lipinski definition) is 8. The quantitative estimate of drug-likeness (QED) is 0.120. The number of imidazole rings is 1. The number of para-hydroxylation sites is 2. The van der Waals surface area contributed by atoms with Crippen molar-refractivity contribution in [2.75, 3.05) is 44.7 Å². The van der Waals surface area contributed by atoms with Crippen molar-refractivity contribution >= 4 is 34.3 Å². The molecule has 0 radical (unpaired) electrons. The van der Waals surface area contributed by atoms with E-state index in [0.29, 0.717) is 36.2 Å². The van der Waals surface area contributed by atoms with Gasteiger partial charge >= 0.3 is 5.97 Å². The van der Waals surface area contributed by atoms with Crippen LogP contribution in [0.1, 0.15) is 30.3 Å². The molecule has 1 aliphatic heterocycles. The summed E-state index contributed by atoms with van der Waals surface area (Å²) in [5.41, 5.74) is 4.78. The first kappa shape index (κ1) is 33.2. The minimum atomic E-state index is -0.240. The van der Waals surface area contributed by atoms with Crippen molar-refractivity contribution in [1.29, 1.82) is 0 Å². The highest BCUT2D eigenvalue weighted by Crippen LogP contribution is 2.34. The van der Waals surface area contributed by atoms with Crippen LogP contribution in [-0.4, -0.2) is 60.3 Å². The molecule has 1 fully saturated rings. The summed E-state index contributed by atoms with van der Waals surface area (Å²) in [5.74, 6) is 3.38. The molecule has 1 aliphatic rings. The van der Waals surface area contributed by atoms with Crippen LogP contribution in [0.3, 0.4) is 0 Å². The number of anilines is 1. The second-order valence-corrected chi connectivity index (χ2v) is 12.3. The molecule has 250 valence electrons. The van der Waals surface area contributed by atoms with E-state index in [-0.39, 0.29) is 19.0 Å².